The minimum absolute atomic E-state index is 0.0400. The number of fused-ring (bicyclic) bond motifs is 1. The summed E-state index contributed by atoms with van der Waals surface area (Å²) in [4.78, 5) is 69.7. The molecule has 2 aliphatic rings. The van der Waals surface area contributed by atoms with Crippen LogP contribution in [-0.2, 0) is 36.9 Å². The SMILES string of the molecule is CC(=O)N(C(=O)[C@@H](N)Cc1ccccc1)[C@](CC(C)C)(C(=O)N[C@@H](CC1CCCCC1)[C@@H](O)CC(=O)NCC(C)C)C1COc2ccc(CNCC(=O)O)cc21. The molecular formula is C43H63N5O8. The van der Waals surface area contributed by atoms with Crippen molar-refractivity contribution in [1.29, 1.82) is 0 Å². The fourth-order valence-corrected chi connectivity index (χ4v) is 8.31. The first kappa shape index (κ1) is 44.4. The molecule has 7 N–H and O–H groups in total. The molecule has 2 aromatic carbocycles. The second-order valence-corrected chi connectivity index (χ2v) is 16.5. The van der Waals surface area contributed by atoms with Gasteiger partial charge < -0.3 is 36.6 Å². The highest BCUT2D eigenvalue weighted by atomic mass is 16.5. The summed E-state index contributed by atoms with van der Waals surface area (Å²) >= 11 is 0. The summed E-state index contributed by atoms with van der Waals surface area (Å²) in [6.45, 7) is 9.37. The fraction of sp³-hybridized carbons (Fsp3) is 0.605. The summed E-state index contributed by atoms with van der Waals surface area (Å²) in [5.41, 5.74) is 6.86. The maximum atomic E-state index is 15.6. The predicted octanol–water partition coefficient (Wildman–Crippen LogP) is 4.05. The van der Waals surface area contributed by atoms with E-state index in [0.717, 1.165) is 48.1 Å². The van der Waals surface area contributed by atoms with Crippen LogP contribution >= 0.6 is 0 Å². The van der Waals surface area contributed by atoms with Crippen molar-refractivity contribution in [2.45, 2.75) is 129 Å². The Labute approximate surface area is 331 Å². The van der Waals surface area contributed by atoms with Crippen LogP contribution in [0.1, 0.15) is 109 Å². The van der Waals surface area contributed by atoms with E-state index in [4.69, 9.17) is 10.5 Å². The Morgan fingerprint density at radius 3 is 2.29 bits per heavy atom. The first-order valence-electron chi connectivity index (χ1n) is 20.2. The lowest BCUT2D eigenvalue weighted by molar-refractivity contribution is -0.162. The molecule has 1 aliphatic heterocycles. The molecule has 56 heavy (non-hydrogen) atoms. The lowest BCUT2D eigenvalue weighted by atomic mass is 9.72. The van der Waals surface area contributed by atoms with Crippen LogP contribution in [0.2, 0.25) is 0 Å². The maximum Gasteiger partial charge on any atom is 0.317 e. The number of carbonyl (C=O) groups is 5. The zero-order valence-electron chi connectivity index (χ0n) is 33.7. The molecule has 1 saturated carbocycles. The van der Waals surface area contributed by atoms with E-state index in [1.165, 1.54) is 6.92 Å². The molecule has 308 valence electrons. The molecule has 0 aromatic heterocycles. The number of hydrogen-bond donors (Lipinski definition) is 6. The topological polar surface area (TPSA) is 200 Å². The van der Waals surface area contributed by atoms with Gasteiger partial charge >= 0.3 is 5.97 Å². The van der Waals surface area contributed by atoms with Gasteiger partial charge in [-0.2, -0.15) is 0 Å². The molecule has 0 radical (unpaired) electrons. The van der Waals surface area contributed by atoms with Crippen LogP contribution in [0.5, 0.6) is 5.75 Å². The van der Waals surface area contributed by atoms with E-state index in [1.807, 2.05) is 64.1 Å². The zero-order valence-corrected chi connectivity index (χ0v) is 33.7. The van der Waals surface area contributed by atoms with Gasteiger partial charge in [-0.15, -0.1) is 0 Å². The average molecular weight is 778 g/mol. The van der Waals surface area contributed by atoms with Crippen LogP contribution in [0, 0.1) is 17.8 Å². The number of aliphatic hydroxyl groups is 1. The highest BCUT2D eigenvalue weighted by molar-refractivity contribution is 6.04. The molecule has 0 saturated heterocycles. The van der Waals surface area contributed by atoms with Gasteiger partial charge in [0.05, 0.1) is 43.7 Å². The quantitative estimate of drug-likeness (QED) is 0.114. The van der Waals surface area contributed by atoms with Crippen LogP contribution in [0.25, 0.3) is 0 Å². The monoisotopic (exact) mass is 777 g/mol. The molecular weight excluding hydrogens is 714 g/mol. The van der Waals surface area contributed by atoms with Gasteiger partial charge in [-0.1, -0.05) is 102 Å². The van der Waals surface area contributed by atoms with Crippen molar-refractivity contribution in [3.05, 3.63) is 65.2 Å². The van der Waals surface area contributed by atoms with Crippen molar-refractivity contribution < 1.29 is 38.9 Å². The lowest BCUT2D eigenvalue weighted by Crippen LogP contribution is -2.69. The molecule has 2 aromatic rings. The van der Waals surface area contributed by atoms with Gasteiger partial charge in [-0.25, -0.2) is 0 Å². The molecule has 0 bridgehead atoms. The van der Waals surface area contributed by atoms with Gasteiger partial charge in [-0.05, 0) is 54.2 Å². The van der Waals surface area contributed by atoms with Crippen LogP contribution in [0.15, 0.2) is 48.5 Å². The number of carboxylic acids is 1. The Morgan fingerprint density at radius 1 is 0.964 bits per heavy atom. The Balaban J connectivity index is 1.84. The average Bonchev–Trinajstić information content (AvgIpc) is 3.57. The Hall–Kier alpha value is -4.33. The number of carboxylic acid groups (broad SMARTS) is 1. The number of nitrogens with one attached hydrogen (secondary N) is 3. The number of benzene rings is 2. The largest absolute Gasteiger partial charge is 0.493 e. The second-order valence-electron chi connectivity index (χ2n) is 16.5. The van der Waals surface area contributed by atoms with Gasteiger partial charge in [-0.3, -0.25) is 28.9 Å². The van der Waals surface area contributed by atoms with Crippen molar-refractivity contribution in [3.63, 3.8) is 0 Å². The molecule has 1 heterocycles. The molecule has 4 rings (SSSR count). The Morgan fingerprint density at radius 2 is 1.66 bits per heavy atom. The lowest BCUT2D eigenvalue weighted by Gasteiger charge is -2.47. The molecule has 5 atom stereocenters. The summed E-state index contributed by atoms with van der Waals surface area (Å²) < 4.78 is 6.21. The molecule has 1 fully saturated rings. The number of hydrogen-bond acceptors (Lipinski definition) is 9. The van der Waals surface area contributed by atoms with E-state index in [1.54, 1.807) is 12.1 Å². The summed E-state index contributed by atoms with van der Waals surface area (Å²) in [5.74, 6) is -3.58. The number of ether oxygens (including phenoxy) is 1. The van der Waals surface area contributed by atoms with Crippen molar-refractivity contribution in [2.75, 3.05) is 19.7 Å². The third kappa shape index (κ3) is 11.8. The van der Waals surface area contributed by atoms with E-state index in [2.05, 4.69) is 16.0 Å². The smallest absolute Gasteiger partial charge is 0.317 e. The summed E-state index contributed by atoms with van der Waals surface area (Å²) in [6.07, 6.45) is 4.10. The maximum absolute atomic E-state index is 15.6. The van der Waals surface area contributed by atoms with Crippen molar-refractivity contribution in [3.8, 4) is 5.75 Å². The summed E-state index contributed by atoms with van der Waals surface area (Å²) in [6, 6.07) is 12.5. The van der Waals surface area contributed by atoms with Crippen LogP contribution in [0.4, 0.5) is 0 Å². The molecule has 4 amide bonds. The standard InChI is InChI=1S/C43H63N5O8/c1-27(2)22-43(48(29(5)49)41(54)35(44)19-30-12-8-6-9-13-30,34-26-56-38-17-16-32(18-33(34)38)24-45-25-40(52)53)42(55)47-36(20-31-14-10-7-11-15-31)37(50)21-39(51)46-23-28(3)4/h6,8-9,12-13,16-18,27-28,31,34-37,45,50H,7,10-11,14-15,19-26,44H2,1-5H3,(H,46,51)(H,47,55)(H,52,53)/t34?,35-,36-,37-,43-/m0/s1. The third-order valence-corrected chi connectivity index (χ3v) is 10.9. The Bertz CT molecular complexity index is 1650. The van der Waals surface area contributed by atoms with Crippen LogP contribution in [-0.4, -0.2) is 88.1 Å². The summed E-state index contributed by atoms with van der Waals surface area (Å²) in [7, 11) is 0. The highest BCUT2D eigenvalue weighted by Gasteiger charge is 2.58. The number of amides is 4. The first-order chi connectivity index (χ1) is 26.6. The van der Waals surface area contributed by atoms with E-state index in [-0.39, 0.29) is 62.6 Å². The van der Waals surface area contributed by atoms with E-state index in [0.29, 0.717) is 24.3 Å². The number of aliphatic hydroxyl groups excluding tert-OH is 1. The van der Waals surface area contributed by atoms with Crippen LogP contribution < -0.4 is 26.4 Å². The first-order valence-corrected chi connectivity index (χ1v) is 20.2. The zero-order chi connectivity index (χ0) is 41.0. The van der Waals surface area contributed by atoms with Gasteiger partial charge in [0.25, 0.3) is 0 Å². The van der Waals surface area contributed by atoms with E-state index >= 15 is 4.79 Å². The molecule has 0 spiro atoms. The van der Waals surface area contributed by atoms with E-state index < -0.39 is 53.3 Å². The third-order valence-electron chi connectivity index (χ3n) is 10.9. The molecule has 1 unspecified atom stereocenters. The normalized spacial score (nSPS) is 18.3. The minimum Gasteiger partial charge on any atom is -0.493 e. The number of imide groups is 1. The van der Waals surface area contributed by atoms with Crippen molar-refractivity contribution in [2.24, 2.45) is 23.5 Å². The van der Waals surface area contributed by atoms with E-state index in [9.17, 15) is 29.4 Å². The highest BCUT2D eigenvalue weighted by Crippen LogP contribution is 2.47. The van der Waals surface area contributed by atoms with Gasteiger partial charge in [0.1, 0.15) is 11.3 Å². The summed E-state index contributed by atoms with van der Waals surface area (Å²) in [5, 5.41) is 29.8. The van der Waals surface area contributed by atoms with Crippen molar-refractivity contribution in [1.82, 2.24) is 20.9 Å². The van der Waals surface area contributed by atoms with Gasteiger partial charge in [0.2, 0.25) is 23.6 Å². The Kier molecular flexibility index (Phi) is 16.4. The number of nitrogens with zero attached hydrogens (tertiary/aromatic N) is 1. The number of carbonyl (C=O) groups excluding carboxylic acids is 4. The van der Waals surface area contributed by atoms with Gasteiger partial charge in [0, 0.05) is 25.6 Å². The van der Waals surface area contributed by atoms with Crippen LogP contribution in [0.3, 0.4) is 0 Å². The fourth-order valence-electron chi connectivity index (χ4n) is 8.31. The number of aliphatic carboxylic acids is 1. The number of rotatable bonds is 20. The predicted molar refractivity (Wildman–Crippen MR) is 213 cm³/mol. The minimum atomic E-state index is -1.88. The van der Waals surface area contributed by atoms with Gasteiger partial charge in [0.15, 0.2) is 0 Å². The number of nitrogens with two attached hydrogens (primary N) is 1. The van der Waals surface area contributed by atoms with Crippen molar-refractivity contribution >= 4 is 29.6 Å². The molecule has 13 nitrogen and oxygen atoms in total. The molecule has 1 aliphatic carbocycles. The molecule has 13 heteroatoms. The second kappa shape index (κ2) is 20.7.